The number of hydrogen-bond donors (Lipinski definition) is 1. The lowest BCUT2D eigenvalue weighted by molar-refractivity contribution is 0.0685. The molecule has 162 valence electrons. The van der Waals surface area contributed by atoms with E-state index in [0.717, 1.165) is 5.56 Å². The van der Waals surface area contributed by atoms with Gasteiger partial charge in [-0.15, -0.1) is 0 Å². The van der Waals surface area contributed by atoms with E-state index in [4.69, 9.17) is 4.74 Å². The van der Waals surface area contributed by atoms with Crippen molar-refractivity contribution in [1.29, 1.82) is 0 Å². The van der Waals surface area contributed by atoms with Gasteiger partial charge in [0.05, 0.1) is 17.4 Å². The monoisotopic (exact) mass is 427 g/mol. The Balaban J connectivity index is 1.49. The molecule has 1 aromatic heterocycles. The molecule has 0 aliphatic carbocycles. The van der Waals surface area contributed by atoms with Crippen LogP contribution in [0, 0.1) is 0 Å². The standard InChI is InChI=1S/C26H25N3O3/c1-18(2)29(16-24-27-23-11-7-6-10-22(23)25(30)28-24)26(31)20-12-14-21(15-13-20)32-17-19-8-4-3-5-9-19/h3-15,18H,16-17H2,1-2H3,(H,27,28,30). The summed E-state index contributed by atoms with van der Waals surface area (Å²) in [5.41, 5.74) is 2.04. The maximum atomic E-state index is 13.2. The van der Waals surface area contributed by atoms with E-state index in [9.17, 15) is 9.59 Å². The summed E-state index contributed by atoms with van der Waals surface area (Å²) in [6.07, 6.45) is 0. The number of hydrogen-bond acceptors (Lipinski definition) is 4. The van der Waals surface area contributed by atoms with Crippen LogP contribution in [0.4, 0.5) is 0 Å². The molecule has 1 amide bonds. The van der Waals surface area contributed by atoms with Gasteiger partial charge in [-0.05, 0) is 55.8 Å². The Morgan fingerprint density at radius 2 is 1.66 bits per heavy atom. The second-order valence-corrected chi connectivity index (χ2v) is 7.86. The molecular weight excluding hydrogens is 402 g/mol. The lowest BCUT2D eigenvalue weighted by atomic mass is 10.1. The fourth-order valence-electron chi connectivity index (χ4n) is 3.46. The van der Waals surface area contributed by atoms with E-state index >= 15 is 0 Å². The van der Waals surface area contributed by atoms with Gasteiger partial charge in [0.15, 0.2) is 0 Å². The summed E-state index contributed by atoms with van der Waals surface area (Å²) in [5.74, 6) is 1.02. The number of nitrogens with zero attached hydrogens (tertiary/aromatic N) is 2. The van der Waals surface area contributed by atoms with E-state index < -0.39 is 0 Å². The van der Waals surface area contributed by atoms with Crippen molar-refractivity contribution in [2.45, 2.75) is 33.0 Å². The zero-order chi connectivity index (χ0) is 22.5. The number of nitrogens with one attached hydrogen (secondary N) is 1. The molecular formula is C26H25N3O3. The first-order valence-electron chi connectivity index (χ1n) is 10.6. The highest BCUT2D eigenvalue weighted by Gasteiger charge is 2.20. The summed E-state index contributed by atoms with van der Waals surface area (Å²) in [6.45, 7) is 4.55. The number of aromatic amines is 1. The maximum absolute atomic E-state index is 13.2. The van der Waals surface area contributed by atoms with E-state index in [1.807, 2.05) is 50.2 Å². The second kappa shape index (κ2) is 9.47. The van der Waals surface area contributed by atoms with Gasteiger partial charge in [0.1, 0.15) is 18.2 Å². The molecule has 0 unspecified atom stereocenters. The van der Waals surface area contributed by atoms with Gasteiger partial charge in [-0.3, -0.25) is 9.59 Å². The number of carbonyl (C=O) groups excluding carboxylic acids is 1. The number of fused-ring (bicyclic) bond motifs is 1. The van der Waals surface area contributed by atoms with Crippen molar-refractivity contribution in [1.82, 2.24) is 14.9 Å². The predicted molar refractivity (Wildman–Crippen MR) is 125 cm³/mol. The Hall–Kier alpha value is -3.93. The second-order valence-electron chi connectivity index (χ2n) is 7.86. The van der Waals surface area contributed by atoms with Gasteiger partial charge < -0.3 is 14.6 Å². The van der Waals surface area contributed by atoms with Crippen LogP contribution in [0.2, 0.25) is 0 Å². The molecule has 3 aromatic carbocycles. The van der Waals surface area contributed by atoms with Gasteiger partial charge in [-0.2, -0.15) is 0 Å². The topological polar surface area (TPSA) is 75.3 Å². The van der Waals surface area contributed by atoms with E-state index in [1.54, 1.807) is 47.4 Å². The van der Waals surface area contributed by atoms with Crippen LogP contribution in [0.25, 0.3) is 10.9 Å². The van der Waals surface area contributed by atoms with Gasteiger partial charge >= 0.3 is 0 Å². The SMILES string of the molecule is CC(C)N(Cc1nc2ccccc2c(=O)[nH]1)C(=O)c1ccc(OCc2ccccc2)cc1. The number of carbonyl (C=O) groups is 1. The largest absolute Gasteiger partial charge is 0.489 e. The minimum absolute atomic E-state index is 0.0757. The third-order valence-electron chi connectivity index (χ3n) is 5.22. The van der Waals surface area contributed by atoms with Crippen molar-refractivity contribution in [3.8, 4) is 5.75 Å². The summed E-state index contributed by atoms with van der Waals surface area (Å²) < 4.78 is 5.81. The van der Waals surface area contributed by atoms with Crippen molar-refractivity contribution in [3.05, 3.63) is 106 Å². The third-order valence-corrected chi connectivity index (χ3v) is 5.22. The summed E-state index contributed by atoms with van der Waals surface area (Å²) >= 11 is 0. The van der Waals surface area contributed by atoms with Gasteiger partial charge in [-0.1, -0.05) is 42.5 Å². The first-order chi connectivity index (χ1) is 15.5. The van der Waals surface area contributed by atoms with Gasteiger partial charge in [0.2, 0.25) is 0 Å². The zero-order valence-electron chi connectivity index (χ0n) is 18.1. The van der Waals surface area contributed by atoms with Crippen molar-refractivity contribution >= 4 is 16.8 Å². The summed E-state index contributed by atoms with van der Waals surface area (Å²) in [4.78, 5) is 34.6. The molecule has 0 saturated carbocycles. The number of ether oxygens (including phenoxy) is 1. The quantitative estimate of drug-likeness (QED) is 0.469. The molecule has 1 N–H and O–H groups in total. The third kappa shape index (κ3) is 4.86. The van der Waals surface area contributed by atoms with Crippen molar-refractivity contribution in [3.63, 3.8) is 0 Å². The Labute approximate surface area is 186 Å². The van der Waals surface area contributed by atoms with Crippen molar-refractivity contribution in [2.24, 2.45) is 0 Å². The molecule has 6 heteroatoms. The molecule has 0 aliphatic heterocycles. The minimum Gasteiger partial charge on any atom is -0.489 e. The van der Waals surface area contributed by atoms with Crippen LogP contribution < -0.4 is 10.3 Å². The van der Waals surface area contributed by atoms with E-state index in [0.29, 0.717) is 34.6 Å². The van der Waals surface area contributed by atoms with Crippen LogP contribution in [0.1, 0.15) is 35.6 Å². The lowest BCUT2D eigenvalue weighted by Crippen LogP contribution is -2.37. The highest BCUT2D eigenvalue weighted by molar-refractivity contribution is 5.94. The Morgan fingerprint density at radius 1 is 0.969 bits per heavy atom. The average molecular weight is 428 g/mol. The van der Waals surface area contributed by atoms with Crippen LogP contribution in [-0.4, -0.2) is 26.8 Å². The molecule has 0 atom stereocenters. The molecule has 0 bridgehead atoms. The number of amides is 1. The fourth-order valence-corrected chi connectivity index (χ4v) is 3.46. The Kier molecular flexibility index (Phi) is 6.31. The van der Waals surface area contributed by atoms with Crippen LogP contribution >= 0.6 is 0 Å². The molecule has 4 aromatic rings. The fraction of sp³-hybridized carbons (Fsp3) is 0.192. The molecule has 0 saturated heterocycles. The van der Waals surface area contributed by atoms with E-state index in [1.165, 1.54) is 0 Å². The van der Waals surface area contributed by atoms with Crippen LogP contribution in [-0.2, 0) is 13.2 Å². The lowest BCUT2D eigenvalue weighted by Gasteiger charge is -2.26. The molecule has 0 radical (unpaired) electrons. The number of H-pyrrole nitrogens is 1. The minimum atomic E-state index is -0.207. The summed E-state index contributed by atoms with van der Waals surface area (Å²) in [7, 11) is 0. The molecule has 0 spiro atoms. The summed E-state index contributed by atoms with van der Waals surface area (Å²) in [6, 6.07) is 24.1. The first-order valence-corrected chi connectivity index (χ1v) is 10.6. The van der Waals surface area contributed by atoms with Gasteiger partial charge in [0.25, 0.3) is 11.5 Å². The van der Waals surface area contributed by atoms with Crippen LogP contribution in [0.5, 0.6) is 5.75 Å². The average Bonchev–Trinajstić information content (AvgIpc) is 2.82. The van der Waals surface area contributed by atoms with Crippen molar-refractivity contribution < 1.29 is 9.53 Å². The first kappa shape index (κ1) is 21.3. The molecule has 6 nitrogen and oxygen atoms in total. The van der Waals surface area contributed by atoms with Crippen molar-refractivity contribution in [2.75, 3.05) is 0 Å². The number of aromatic nitrogens is 2. The zero-order valence-corrected chi connectivity index (χ0v) is 18.1. The number of benzene rings is 3. The molecule has 32 heavy (non-hydrogen) atoms. The molecule has 0 fully saturated rings. The van der Waals surface area contributed by atoms with Gasteiger partial charge in [-0.25, -0.2) is 4.98 Å². The molecule has 0 aliphatic rings. The number of rotatable bonds is 7. The van der Waals surface area contributed by atoms with Crippen LogP contribution in [0.3, 0.4) is 0 Å². The normalized spacial score (nSPS) is 11.0. The van der Waals surface area contributed by atoms with E-state index in [-0.39, 0.29) is 24.1 Å². The Morgan fingerprint density at radius 3 is 2.38 bits per heavy atom. The maximum Gasteiger partial charge on any atom is 0.258 e. The smallest absolute Gasteiger partial charge is 0.258 e. The molecule has 1 heterocycles. The highest BCUT2D eigenvalue weighted by Crippen LogP contribution is 2.18. The van der Waals surface area contributed by atoms with Gasteiger partial charge in [0, 0.05) is 11.6 Å². The van der Waals surface area contributed by atoms with Crippen LogP contribution in [0.15, 0.2) is 83.7 Å². The predicted octanol–water partition coefficient (Wildman–Crippen LogP) is 4.55. The number of para-hydroxylation sites is 1. The Bertz CT molecular complexity index is 1260. The molecule has 4 rings (SSSR count). The highest BCUT2D eigenvalue weighted by atomic mass is 16.5. The van der Waals surface area contributed by atoms with E-state index in [2.05, 4.69) is 9.97 Å². The summed E-state index contributed by atoms with van der Waals surface area (Å²) in [5, 5.41) is 0.532.